The van der Waals surface area contributed by atoms with E-state index in [0.29, 0.717) is 41.8 Å². The predicted octanol–water partition coefficient (Wildman–Crippen LogP) is 4.26. The first kappa shape index (κ1) is 23.8. The fourth-order valence-corrected chi connectivity index (χ4v) is 3.89. The van der Waals surface area contributed by atoms with Crippen molar-refractivity contribution >= 4 is 17.4 Å². The molecule has 0 aliphatic carbocycles. The van der Waals surface area contributed by atoms with Crippen LogP contribution in [-0.2, 0) is 17.1 Å². The Morgan fingerprint density at radius 3 is 2.38 bits per heavy atom. The van der Waals surface area contributed by atoms with Crippen LogP contribution in [0.1, 0.15) is 42.8 Å². The number of nitrogens with zero attached hydrogens (tertiary/aromatic N) is 5. The van der Waals surface area contributed by atoms with Gasteiger partial charge >= 0.3 is 12.4 Å². The molecule has 1 aromatic carbocycles. The Kier molecular flexibility index (Phi) is 6.13. The number of halogens is 6. The third-order valence-electron chi connectivity index (χ3n) is 5.76. The van der Waals surface area contributed by atoms with E-state index < -0.39 is 29.8 Å². The second kappa shape index (κ2) is 8.76. The van der Waals surface area contributed by atoms with Gasteiger partial charge in [-0.1, -0.05) is 12.1 Å². The van der Waals surface area contributed by atoms with Crippen LogP contribution < -0.4 is 10.2 Å². The average molecular weight is 486 g/mol. The summed E-state index contributed by atoms with van der Waals surface area (Å²) in [4.78, 5) is 14.5. The quantitative estimate of drug-likeness (QED) is 0.558. The van der Waals surface area contributed by atoms with E-state index >= 15 is 0 Å². The second-order valence-corrected chi connectivity index (χ2v) is 8.10. The van der Waals surface area contributed by atoms with Crippen molar-refractivity contribution in [3.8, 4) is 0 Å². The van der Waals surface area contributed by atoms with Gasteiger partial charge in [0.05, 0.1) is 11.6 Å². The number of fused-ring (bicyclic) bond motifs is 1. The van der Waals surface area contributed by atoms with Crippen LogP contribution in [0.2, 0.25) is 0 Å². The second-order valence-electron chi connectivity index (χ2n) is 8.10. The Morgan fingerprint density at radius 1 is 1.03 bits per heavy atom. The lowest BCUT2D eigenvalue weighted by Gasteiger charge is -2.32. The van der Waals surface area contributed by atoms with Gasteiger partial charge in [0.2, 0.25) is 5.91 Å². The fourth-order valence-electron chi connectivity index (χ4n) is 3.89. The number of piperidine rings is 1. The van der Waals surface area contributed by atoms with Crippen molar-refractivity contribution < 1.29 is 31.1 Å². The van der Waals surface area contributed by atoms with Gasteiger partial charge in [0.15, 0.2) is 5.65 Å². The molecule has 1 atom stereocenters. The van der Waals surface area contributed by atoms with Crippen LogP contribution in [0.3, 0.4) is 0 Å². The number of anilines is 1. The Balaban J connectivity index is 1.39. The molecule has 3 aromatic rings. The van der Waals surface area contributed by atoms with E-state index in [4.69, 9.17) is 0 Å². The van der Waals surface area contributed by atoms with Crippen molar-refractivity contribution in [1.29, 1.82) is 0 Å². The first-order chi connectivity index (χ1) is 15.9. The molecule has 0 unspecified atom stereocenters. The molecule has 1 aliphatic rings. The van der Waals surface area contributed by atoms with Crippen molar-refractivity contribution in [2.45, 2.75) is 38.2 Å². The highest BCUT2D eigenvalue weighted by molar-refractivity contribution is 5.79. The molecule has 7 nitrogen and oxygen atoms in total. The SMILES string of the molecule is C[C@@H](NC(=O)C1CCN(c2ccc3nnc(C(F)(F)F)n3n2)CC1)c1cccc(C(F)(F)F)c1. The lowest BCUT2D eigenvalue weighted by molar-refractivity contribution is -0.146. The molecule has 1 aliphatic heterocycles. The molecule has 13 heteroatoms. The monoisotopic (exact) mass is 486 g/mol. The zero-order valence-corrected chi connectivity index (χ0v) is 17.9. The summed E-state index contributed by atoms with van der Waals surface area (Å²) >= 11 is 0. The lowest BCUT2D eigenvalue weighted by atomic mass is 9.95. The molecule has 0 bridgehead atoms. The van der Waals surface area contributed by atoms with E-state index in [2.05, 4.69) is 20.6 Å². The minimum Gasteiger partial charge on any atom is -0.355 e. The number of hydrogen-bond acceptors (Lipinski definition) is 5. The van der Waals surface area contributed by atoms with Crippen molar-refractivity contribution in [1.82, 2.24) is 25.1 Å². The number of nitrogens with one attached hydrogen (secondary N) is 1. The highest BCUT2D eigenvalue weighted by Crippen LogP contribution is 2.31. The van der Waals surface area contributed by atoms with Gasteiger partial charge in [-0.25, -0.2) is 0 Å². The van der Waals surface area contributed by atoms with Crippen molar-refractivity contribution in [3.63, 3.8) is 0 Å². The zero-order chi connectivity index (χ0) is 24.7. The maximum absolute atomic E-state index is 13.1. The van der Waals surface area contributed by atoms with Gasteiger partial charge < -0.3 is 10.2 Å². The third kappa shape index (κ3) is 4.92. The average Bonchev–Trinajstić information content (AvgIpc) is 3.22. The predicted molar refractivity (Wildman–Crippen MR) is 109 cm³/mol. The van der Waals surface area contributed by atoms with E-state index in [1.165, 1.54) is 18.2 Å². The molecule has 34 heavy (non-hydrogen) atoms. The van der Waals surface area contributed by atoms with Crippen molar-refractivity contribution in [2.24, 2.45) is 5.92 Å². The number of amides is 1. The molecule has 4 rings (SSSR count). The topological polar surface area (TPSA) is 75.4 Å². The molecule has 1 saturated heterocycles. The Hall–Kier alpha value is -3.38. The number of hydrogen-bond donors (Lipinski definition) is 1. The summed E-state index contributed by atoms with van der Waals surface area (Å²) < 4.78 is 78.8. The molecule has 3 heterocycles. The van der Waals surface area contributed by atoms with Gasteiger partial charge in [-0.2, -0.15) is 30.9 Å². The first-order valence-electron chi connectivity index (χ1n) is 10.5. The first-order valence-corrected chi connectivity index (χ1v) is 10.5. The summed E-state index contributed by atoms with van der Waals surface area (Å²) in [6.07, 6.45) is -8.35. The van der Waals surface area contributed by atoms with Gasteiger partial charge in [-0.05, 0) is 49.6 Å². The summed E-state index contributed by atoms with van der Waals surface area (Å²) in [6, 6.07) is 7.10. The smallest absolute Gasteiger partial charge is 0.355 e. The van der Waals surface area contributed by atoms with E-state index in [1.54, 1.807) is 17.9 Å². The minimum absolute atomic E-state index is 0.0334. The number of aromatic nitrogens is 4. The molecule has 0 spiro atoms. The number of benzene rings is 1. The van der Waals surface area contributed by atoms with E-state index in [1.807, 2.05) is 0 Å². The van der Waals surface area contributed by atoms with Crippen LogP contribution >= 0.6 is 0 Å². The maximum Gasteiger partial charge on any atom is 0.453 e. The molecule has 0 saturated carbocycles. The number of carbonyl (C=O) groups is 1. The summed E-state index contributed by atoms with van der Waals surface area (Å²) in [5.74, 6) is -1.59. The van der Waals surface area contributed by atoms with Crippen LogP contribution in [0.4, 0.5) is 32.2 Å². The molecular formula is C21H20F6N6O. The minimum atomic E-state index is -4.70. The summed E-state index contributed by atoms with van der Waals surface area (Å²) in [7, 11) is 0. The maximum atomic E-state index is 13.1. The van der Waals surface area contributed by atoms with Gasteiger partial charge in [-0.3, -0.25) is 4.79 Å². The van der Waals surface area contributed by atoms with Crippen LogP contribution in [0.5, 0.6) is 0 Å². The van der Waals surface area contributed by atoms with Crippen molar-refractivity contribution in [2.75, 3.05) is 18.0 Å². The van der Waals surface area contributed by atoms with Gasteiger partial charge in [0.1, 0.15) is 5.82 Å². The third-order valence-corrected chi connectivity index (χ3v) is 5.76. The molecule has 1 amide bonds. The van der Waals surface area contributed by atoms with Gasteiger partial charge in [-0.15, -0.1) is 15.3 Å². The van der Waals surface area contributed by atoms with Crippen LogP contribution in [0, 0.1) is 5.92 Å². The normalized spacial score (nSPS) is 16.6. The molecule has 182 valence electrons. The number of carbonyl (C=O) groups excluding carboxylic acids is 1. The molecule has 1 fully saturated rings. The van der Waals surface area contributed by atoms with Gasteiger partial charge in [0.25, 0.3) is 5.82 Å². The number of rotatable bonds is 4. The highest BCUT2D eigenvalue weighted by Gasteiger charge is 2.38. The Bertz CT molecular complexity index is 1180. The molecule has 2 aromatic heterocycles. The molecule has 1 N–H and O–H groups in total. The summed E-state index contributed by atoms with van der Waals surface area (Å²) in [6.45, 7) is 2.36. The molecule has 0 radical (unpaired) electrons. The fraction of sp³-hybridized carbons (Fsp3) is 0.429. The number of alkyl halides is 6. The van der Waals surface area contributed by atoms with Crippen LogP contribution in [-0.4, -0.2) is 38.8 Å². The van der Waals surface area contributed by atoms with Crippen LogP contribution in [0.25, 0.3) is 5.65 Å². The van der Waals surface area contributed by atoms with Crippen molar-refractivity contribution in [3.05, 3.63) is 53.3 Å². The largest absolute Gasteiger partial charge is 0.453 e. The standard InChI is InChI=1S/C21H20F6N6O/c1-12(14-3-2-4-15(11-14)20(22,23)24)28-18(34)13-7-9-32(10-8-13)17-6-5-16-29-30-19(21(25,26)27)33(16)31-17/h2-6,11-13H,7-10H2,1H3,(H,28,34)/t12-/m1/s1. The Labute approximate surface area is 189 Å². The highest BCUT2D eigenvalue weighted by atomic mass is 19.4. The van der Waals surface area contributed by atoms with Gasteiger partial charge in [0, 0.05) is 19.0 Å². The summed E-state index contributed by atoms with van der Waals surface area (Å²) in [5.41, 5.74) is -0.480. The van der Waals surface area contributed by atoms with E-state index in [0.717, 1.165) is 12.1 Å². The van der Waals surface area contributed by atoms with E-state index in [-0.39, 0.29) is 17.5 Å². The van der Waals surface area contributed by atoms with Crippen LogP contribution in [0.15, 0.2) is 36.4 Å². The lowest BCUT2D eigenvalue weighted by Crippen LogP contribution is -2.41. The molecular weight excluding hydrogens is 466 g/mol. The van der Waals surface area contributed by atoms with E-state index in [9.17, 15) is 31.1 Å². The zero-order valence-electron chi connectivity index (χ0n) is 17.9. The Morgan fingerprint density at radius 2 is 1.74 bits per heavy atom. The summed E-state index contributed by atoms with van der Waals surface area (Å²) in [5, 5.41) is 13.4.